The summed E-state index contributed by atoms with van der Waals surface area (Å²) in [7, 11) is 10.7. The van der Waals surface area contributed by atoms with Gasteiger partial charge in [0.25, 0.3) is 0 Å². The quantitative estimate of drug-likeness (QED) is 0.122. The molecule has 0 N–H and O–H groups in total. The Kier molecular flexibility index (Phi) is 12.7. The smallest absolute Gasteiger partial charge is 0.0920 e. The fraction of sp³-hybridized carbons (Fsp3) is 0.341. The monoisotopic (exact) mass is 726 g/mol. The summed E-state index contributed by atoms with van der Waals surface area (Å²) < 4.78 is 0. The molecule has 1 aliphatic heterocycles. The van der Waals surface area contributed by atoms with Gasteiger partial charge in [0.2, 0.25) is 0 Å². The molecule has 0 unspecified atom stereocenters. The molecule has 1 aliphatic rings. The van der Waals surface area contributed by atoms with Crippen molar-refractivity contribution in [3.63, 3.8) is 0 Å². The first kappa shape index (κ1) is 36.0. The van der Waals surface area contributed by atoms with Crippen molar-refractivity contribution in [1.82, 2.24) is 0 Å². The maximum atomic E-state index is 4.93. The van der Waals surface area contributed by atoms with E-state index in [2.05, 4.69) is 147 Å². The molecule has 0 saturated heterocycles. The summed E-state index contributed by atoms with van der Waals surface area (Å²) in [6.07, 6.45) is 1.14. The third-order valence-corrected chi connectivity index (χ3v) is 9.70. The molecule has 5 aromatic rings. The van der Waals surface area contributed by atoms with E-state index in [1.165, 1.54) is 65.7 Å². The van der Waals surface area contributed by atoms with Crippen LogP contribution < -0.4 is 10.4 Å². The molecule has 0 aromatic heterocycles. The molecule has 0 saturated carbocycles. The van der Waals surface area contributed by atoms with Gasteiger partial charge in [0.1, 0.15) is 0 Å². The molecule has 232 valence electrons. The zero-order valence-electron chi connectivity index (χ0n) is 28.3. The summed E-state index contributed by atoms with van der Waals surface area (Å²) in [6, 6.07) is 35.0. The van der Waals surface area contributed by atoms with Gasteiger partial charge in [0.05, 0.1) is 9.52 Å². The van der Waals surface area contributed by atoms with Crippen molar-refractivity contribution < 1.29 is 20.8 Å². The van der Waals surface area contributed by atoms with Crippen molar-refractivity contribution in [2.75, 3.05) is 0 Å². The molecule has 1 heterocycles. The molecule has 0 atom stereocenters. The van der Waals surface area contributed by atoms with Crippen LogP contribution in [-0.4, -0.2) is 9.52 Å². The Balaban J connectivity index is 0.000000236. The Morgan fingerprint density at radius 2 is 1.42 bits per heavy atom. The van der Waals surface area contributed by atoms with Crippen molar-refractivity contribution in [3.8, 4) is 22.3 Å². The molecular formula is C41H46Cl2SiZr. The van der Waals surface area contributed by atoms with E-state index in [4.69, 9.17) is 17.0 Å². The van der Waals surface area contributed by atoms with E-state index in [0.717, 1.165) is 15.9 Å². The van der Waals surface area contributed by atoms with Crippen LogP contribution in [0.2, 0.25) is 0 Å². The van der Waals surface area contributed by atoms with Crippen LogP contribution in [-0.2, 0) is 32.7 Å². The van der Waals surface area contributed by atoms with Gasteiger partial charge in [0.15, 0.2) is 0 Å². The maximum absolute atomic E-state index is 4.93. The summed E-state index contributed by atoms with van der Waals surface area (Å²) in [5.41, 5.74) is 11.5. The molecule has 0 spiro atoms. The number of hydrogen-bond donors (Lipinski definition) is 0. The normalized spacial score (nSPS) is 12.0. The molecule has 0 nitrogen and oxygen atoms in total. The Morgan fingerprint density at radius 1 is 0.800 bits per heavy atom. The van der Waals surface area contributed by atoms with Gasteiger partial charge in [-0.15, -0.1) is 40.1 Å². The van der Waals surface area contributed by atoms with Crippen LogP contribution in [0.4, 0.5) is 0 Å². The fourth-order valence-corrected chi connectivity index (χ4v) is 7.39. The van der Waals surface area contributed by atoms with Crippen LogP contribution in [0.15, 0.2) is 84.9 Å². The van der Waals surface area contributed by atoms with Crippen LogP contribution >= 0.6 is 17.0 Å². The average Bonchev–Trinajstić information content (AvgIpc) is 3.57. The van der Waals surface area contributed by atoms with E-state index in [1.54, 1.807) is 0 Å². The predicted octanol–water partition coefficient (Wildman–Crippen LogP) is 11.5. The molecule has 0 fully saturated rings. The molecule has 2 radical (unpaired) electrons. The van der Waals surface area contributed by atoms with Crippen molar-refractivity contribution in [3.05, 3.63) is 113 Å². The molecule has 6 rings (SSSR count). The van der Waals surface area contributed by atoms with Gasteiger partial charge in [0, 0.05) is 0 Å². The minimum Gasteiger partial charge on any atom is -0.184 e. The summed E-state index contributed by atoms with van der Waals surface area (Å²) >= 11 is -0.826. The van der Waals surface area contributed by atoms with Gasteiger partial charge >= 0.3 is 37.9 Å². The van der Waals surface area contributed by atoms with E-state index < -0.39 is 20.8 Å². The Morgan fingerprint density at radius 3 is 2.02 bits per heavy atom. The Labute approximate surface area is 293 Å². The molecular weight excluding hydrogens is 683 g/mol. The van der Waals surface area contributed by atoms with Gasteiger partial charge in [-0.1, -0.05) is 127 Å². The van der Waals surface area contributed by atoms with Crippen molar-refractivity contribution in [2.24, 2.45) is 5.92 Å². The summed E-state index contributed by atoms with van der Waals surface area (Å²) in [6.45, 7) is 20.8. The number of halogens is 2. The van der Waals surface area contributed by atoms with Crippen molar-refractivity contribution in [1.29, 1.82) is 0 Å². The minimum atomic E-state index is -0.826. The van der Waals surface area contributed by atoms with E-state index in [-0.39, 0.29) is 5.41 Å². The molecule has 0 amide bonds. The summed E-state index contributed by atoms with van der Waals surface area (Å²) in [5, 5.41) is 5.62. The third-order valence-electron chi connectivity index (χ3n) is 8.33. The van der Waals surface area contributed by atoms with Crippen LogP contribution in [0.25, 0.3) is 33.0 Å². The van der Waals surface area contributed by atoms with Gasteiger partial charge in [-0.3, -0.25) is 0 Å². The second kappa shape index (κ2) is 15.8. The minimum absolute atomic E-state index is 0.102. The van der Waals surface area contributed by atoms with E-state index in [1.807, 2.05) is 6.07 Å². The topological polar surface area (TPSA) is 0 Å². The maximum Gasteiger partial charge on any atom is 0.0920 e. The van der Waals surface area contributed by atoms with E-state index >= 15 is 0 Å². The van der Waals surface area contributed by atoms with E-state index in [9.17, 15) is 0 Å². The second-order valence-electron chi connectivity index (χ2n) is 14.1. The van der Waals surface area contributed by atoms with Crippen molar-refractivity contribution in [2.45, 2.75) is 86.0 Å². The molecule has 4 heteroatoms. The van der Waals surface area contributed by atoms with Crippen LogP contribution in [0, 0.1) is 12.0 Å². The van der Waals surface area contributed by atoms with Crippen LogP contribution in [0.1, 0.15) is 96.4 Å². The van der Waals surface area contributed by atoms with Gasteiger partial charge < -0.3 is 0 Å². The van der Waals surface area contributed by atoms with Crippen LogP contribution in [0.3, 0.4) is 0 Å². The average molecular weight is 729 g/mol. The standard InChI is InChI=1S/C29H39.C12H7Si.2ClH.Zr/c1-18(2)12-21-13-22-10-11-27(29(7,8)9)28(26(22)14-21)25-16-23(19(3)4)15-24(17-25)20(5)6;1-3-7-11-9(5-1)10-6-2-4-8-12(10)13-11;;;/h10-11,13-20H,12H2,1-9H3;1-7H;2*1H;/q2*-1;;;+4/p-2. The zero-order valence-corrected chi connectivity index (χ0v) is 33.2. The SMILES string of the molecule is CC(C)Cc1cc2c(-c3cc(C(C)C)cc(C(C)C)c3)c(C(C)(C)C)ccc2[cH-]1.[Cl][Zr+2][Cl].[c-]1cccc2c1[Si]c1ccccc1-2. The van der Waals surface area contributed by atoms with Gasteiger partial charge in [-0.2, -0.15) is 35.5 Å². The second-order valence-corrected chi connectivity index (χ2v) is 19.1. The molecule has 5 aromatic carbocycles. The van der Waals surface area contributed by atoms with Crippen molar-refractivity contribution >= 4 is 47.7 Å². The van der Waals surface area contributed by atoms with Crippen LogP contribution in [0.5, 0.6) is 0 Å². The number of rotatable bonds is 5. The number of benzene rings is 4. The zero-order chi connectivity index (χ0) is 32.9. The first-order chi connectivity index (χ1) is 21.3. The Hall–Kier alpha value is -1.83. The Bertz CT molecular complexity index is 1650. The summed E-state index contributed by atoms with van der Waals surface area (Å²) in [5.74, 6) is 1.73. The molecule has 0 aliphatic carbocycles. The first-order valence-corrected chi connectivity index (χ1v) is 23.4. The number of fused-ring (bicyclic) bond motifs is 4. The largest absolute Gasteiger partial charge is 0.184 e. The van der Waals surface area contributed by atoms with Gasteiger partial charge in [-0.25, -0.2) is 0 Å². The fourth-order valence-electron chi connectivity index (χ4n) is 6.08. The molecule has 0 bridgehead atoms. The molecule has 45 heavy (non-hydrogen) atoms. The van der Waals surface area contributed by atoms with E-state index in [0.29, 0.717) is 17.8 Å². The predicted molar refractivity (Wildman–Crippen MR) is 198 cm³/mol. The van der Waals surface area contributed by atoms with Gasteiger partial charge in [-0.05, 0) is 46.3 Å². The number of hydrogen-bond acceptors (Lipinski definition) is 0. The third kappa shape index (κ3) is 8.96. The first-order valence-electron chi connectivity index (χ1n) is 16.1. The summed E-state index contributed by atoms with van der Waals surface area (Å²) in [4.78, 5) is 0.